The van der Waals surface area contributed by atoms with Crippen molar-refractivity contribution >= 4 is 34.4 Å². The molecule has 3 N–H and O–H groups in total. The van der Waals surface area contributed by atoms with Crippen LogP contribution in [0.4, 0.5) is 11.5 Å². The van der Waals surface area contributed by atoms with Gasteiger partial charge in [0, 0.05) is 37.0 Å². The highest BCUT2D eigenvalue weighted by molar-refractivity contribution is 6.13. The van der Waals surface area contributed by atoms with Gasteiger partial charge in [-0.1, -0.05) is 6.58 Å². The molecule has 0 bridgehead atoms. The van der Waals surface area contributed by atoms with Crippen LogP contribution in [0.25, 0.3) is 11.0 Å². The highest BCUT2D eigenvalue weighted by Crippen LogP contribution is 2.30. The largest absolute Gasteiger partial charge is 0.497 e. The van der Waals surface area contributed by atoms with Gasteiger partial charge in [0.1, 0.15) is 23.6 Å². The Morgan fingerprint density at radius 2 is 1.94 bits per heavy atom. The van der Waals surface area contributed by atoms with Gasteiger partial charge < -0.3 is 25.4 Å². The number of nitrogens with two attached hydrogens (primary N) is 1. The second-order valence-corrected chi connectivity index (χ2v) is 7.24. The maximum atomic E-state index is 13.2. The van der Waals surface area contributed by atoms with E-state index in [0.29, 0.717) is 47.7 Å². The molecule has 2 aromatic heterocycles. The molecule has 1 aliphatic heterocycles. The minimum Gasteiger partial charge on any atom is -0.497 e. The van der Waals surface area contributed by atoms with Crippen LogP contribution in [0.3, 0.4) is 0 Å². The van der Waals surface area contributed by atoms with Crippen molar-refractivity contribution in [2.45, 2.75) is 12.5 Å². The lowest BCUT2D eigenvalue weighted by atomic mass is 10.2. The van der Waals surface area contributed by atoms with Crippen molar-refractivity contribution in [3.63, 3.8) is 0 Å². The van der Waals surface area contributed by atoms with Crippen molar-refractivity contribution < 1.29 is 19.1 Å². The first-order valence-electron chi connectivity index (χ1n) is 9.89. The number of ether oxygens (including phenoxy) is 2. The number of hydrogen-bond donors (Lipinski definition) is 2. The average Bonchev–Trinajstić information content (AvgIpc) is 3.44. The molecule has 3 heterocycles. The second kappa shape index (κ2) is 8.53. The fourth-order valence-electron chi connectivity index (χ4n) is 3.75. The average molecular weight is 437 g/mol. The van der Waals surface area contributed by atoms with E-state index in [2.05, 4.69) is 27.0 Å². The number of amides is 2. The number of aromatic nitrogens is 4. The Labute approximate surface area is 183 Å². The lowest BCUT2D eigenvalue weighted by Gasteiger charge is -2.14. The summed E-state index contributed by atoms with van der Waals surface area (Å²) < 4.78 is 12.2. The van der Waals surface area contributed by atoms with E-state index < -0.39 is 5.91 Å². The third-order valence-corrected chi connectivity index (χ3v) is 5.34. The molecule has 0 unspecified atom stereocenters. The Bertz CT molecular complexity index is 1180. The number of anilines is 2. The molecule has 166 valence electrons. The summed E-state index contributed by atoms with van der Waals surface area (Å²) in [5, 5.41) is 7.69. The first-order chi connectivity index (χ1) is 15.4. The summed E-state index contributed by atoms with van der Waals surface area (Å²) in [4.78, 5) is 35.2. The van der Waals surface area contributed by atoms with Gasteiger partial charge in [-0.05, 0) is 12.5 Å². The van der Waals surface area contributed by atoms with E-state index in [9.17, 15) is 9.59 Å². The maximum absolute atomic E-state index is 13.2. The number of fused-ring (bicyclic) bond motifs is 1. The van der Waals surface area contributed by atoms with Crippen LogP contribution in [0.5, 0.6) is 11.5 Å². The Morgan fingerprint density at radius 1 is 1.22 bits per heavy atom. The van der Waals surface area contributed by atoms with Gasteiger partial charge in [-0.2, -0.15) is 5.10 Å². The maximum Gasteiger partial charge on any atom is 0.277 e. The van der Waals surface area contributed by atoms with Crippen LogP contribution < -0.4 is 20.5 Å². The van der Waals surface area contributed by atoms with Crippen molar-refractivity contribution in [1.29, 1.82) is 0 Å². The molecular weight excluding hydrogens is 414 g/mol. The van der Waals surface area contributed by atoms with E-state index in [1.165, 1.54) is 26.6 Å². The monoisotopic (exact) mass is 437 g/mol. The molecule has 2 amide bonds. The summed E-state index contributed by atoms with van der Waals surface area (Å²) >= 11 is 0. The Hall–Kier alpha value is -4.15. The molecule has 0 saturated carbocycles. The Balaban J connectivity index is 1.70. The number of benzene rings is 1. The van der Waals surface area contributed by atoms with Crippen LogP contribution in [0.15, 0.2) is 37.2 Å². The third-order valence-electron chi connectivity index (χ3n) is 5.34. The number of rotatable bonds is 6. The summed E-state index contributed by atoms with van der Waals surface area (Å²) in [5.74, 6) is 0.559. The van der Waals surface area contributed by atoms with Crippen LogP contribution in [-0.2, 0) is 4.79 Å². The zero-order chi connectivity index (χ0) is 22.8. The van der Waals surface area contributed by atoms with Crippen molar-refractivity contribution in [1.82, 2.24) is 24.6 Å². The molecule has 11 heteroatoms. The van der Waals surface area contributed by atoms with Gasteiger partial charge in [-0.3, -0.25) is 9.59 Å². The van der Waals surface area contributed by atoms with Crippen LogP contribution >= 0.6 is 0 Å². The lowest BCUT2D eigenvalue weighted by molar-refractivity contribution is -0.125. The molecule has 32 heavy (non-hydrogen) atoms. The number of carbonyl (C=O) groups excluding carboxylic acids is 2. The topological polar surface area (TPSA) is 137 Å². The van der Waals surface area contributed by atoms with Crippen LogP contribution in [0.1, 0.15) is 23.0 Å². The standard InChI is InChI=1S/C21H23N7O4/c1-4-16(29)27-6-5-13(10-27)28-20-17(19(22)23-11-24-20)18(26-28)21(30)25-12-7-14(31-2)9-15(8-12)32-3/h4,7-9,11,13H,1,5-6,10H2,2-3H3,(H,25,30)(H2,22,23,24)/t13-/m0/s1. The van der Waals surface area contributed by atoms with Gasteiger partial charge in [0.25, 0.3) is 5.91 Å². The van der Waals surface area contributed by atoms with E-state index >= 15 is 0 Å². The summed E-state index contributed by atoms with van der Waals surface area (Å²) in [6.45, 7) is 4.52. The Morgan fingerprint density at radius 3 is 2.59 bits per heavy atom. The number of nitrogens with one attached hydrogen (secondary N) is 1. The molecular formula is C21H23N7O4. The summed E-state index contributed by atoms with van der Waals surface area (Å²) in [6, 6.07) is 4.86. The molecule has 1 atom stereocenters. The summed E-state index contributed by atoms with van der Waals surface area (Å²) in [7, 11) is 3.05. The van der Waals surface area contributed by atoms with Crippen LogP contribution in [0, 0.1) is 0 Å². The second-order valence-electron chi connectivity index (χ2n) is 7.24. The molecule has 1 saturated heterocycles. The smallest absolute Gasteiger partial charge is 0.277 e. The van der Waals surface area contributed by atoms with E-state index in [-0.39, 0.29) is 23.5 Å². The minimum absolute atomic E-state index is 0.0911. The highest BCUT2D eigenvalue weighted by atomic mass is 16.5. The molecule has 3 aromatic rings. The zero-order valence-corrected chi connectivity index (χ0v) is 17.7. The number of nitrogens with zero attached hydrogens (tertiary/aromatic N) is 5. The molecule has 11 nitrogen and oxygen atoms in total. The fraction of sp³-hybridized carbons (Fsp3) is 0.286. The Kier molecular flexibility index (Phi) is 5.63. The van der Waals surface area contributed by atoms with Crippen molar-refractivity contribution in [2.24, 2.45) is 0 Å². The van der Waals surface area contributed by atoms with E-state index in [0.717, 1.165) is 0 Å². The zero-order valence-electron chi connectivity index (χ0n) is 17.7. The van der Waals surface area contributed by atoms with Crippen LogP contribution in [-0.4, -0.2) is 63.8 Å². The van der Waals surface area contributed by atoms with Crippen molar-refractivity contribution in [3.8, 4) is 11.5 Å². The number of carbonyl (C=O) groups is 2. The minimum atomic E-state index is -0.484. The number of methoxy groups -OCH3 is 2. The first kappa shape index (κ1) is 21.1. The van der Waals surface area contributed by atoms with Gasteiger partial charge >= 0.3 is 0 Å². The normalized spacial score (nSPS) is 15.6. The van der Waals surface area contributed by atoms with Gasteiger partial charge in [0.15, 0.2) is 11.3 Å². The van der Waals surface area contributed by atoms with Crippen molar-refractivity contribution in [3.05, 3.63) is 42.9 Å². The summed E-state index contributed by atoms with van der Waals surface area (Å²) in [5.41, 5.74) is 7.08. The number of hydrogen-bond acceptors (Lipinski definition) is 8. The van der Waals surface area contributed by atoms with Gasteiger partial charge in [-0.25, -0.2) is 14.6 Å². The predicted molar refractivity (Wildman–Crippen MR) is 118 cm³/mol. The molecule has 4 rings (SSSR count). The molecule has 0 aliphatic carbocycles. The van der Waals surface area contributed by atoms with Gasteiger partial charge in [-0.15, -0.1) is 0 Å². The van der Waals surface area contributed by atoms with E-state index in [4.69, 9.17) is 15.2 Å². The quantitative estimate of drug-likeness (QED) is 0.555. The molecule has 0 radical (unpaired) electrons. The van der Waals surface area contributed by atoms with E-state index in [1.54, 1.807) is 27.8 Å². The fourth-order valence-corrected chi connectivity index (χ4v) is 3.75. The molecule has 0 spiro atoms. The van der Waals surface area contributed by atoms with Crippen molar-refractivity contribution in [2.75, 3.05) is 38.4 Å². The molecule has 1 aromatic carbocycles. The van der Waals surface area contributed by atoms with Gasteiger partial charge in [0.05, 0.1) is 25.6 Å². The number of nitrogen functional groups attached to an aromatic ring is 1. The number of likely N-dealkylation sites (tertiary alicyclic amines) is 1. The first-order valence-corrected chi connectivity index (χ1v) is 9.89. The highest BCUT2D eigenvalue weighted by Gasteiger charge is 2.31. The van der Waals surface area contributed by atoms with Gasteiger partial charge in [0.2, 0.25) is 5.91 Å². The SMILES string of the molecule is C=CC(=O)N1CC[C@H](n2nc(C(=O)Nc3cc(OC)cc(OC)c3)c3c(N)ncnc32)C1. The molecule has 1 fully saturated rings. The summed E-state index contributed by atoms with van der Waals surface area (Å²) in [6.07, 6.45) is 3.27. The van der Waals surface area contributed by atoms with E-state index in [1.807, 2.05) is 0 Å². The predicted octanol–water partition coefficient (Wildman–Crippen LogP) is 1.64. The third kappa shape index (κ3) is 3.80. The molecule has 1 aliphatic rings. The van der Waals surface area contributed by atoms with Crippen LogP contribution in [0.2, 0.25) is 0 Å². The lowest BCUT2D eigenvalue weighted by Crippen LogP contribution is -2.27.